The van der Waals surface area contributed by atoms with Gasteiger partial charge in [0.15, 0.2) is 0 Å². The number of hydrogen-bond acceptors (Lipinski definition) is 4. The normalized spacial score (nSPS) is 15.0. The van der Waals surface area contributed by atoms with Crippen LogP contribution in [0.2, 0.25) is 0 Å². The second-order valence-electron chi connectivity index (χ2n) is 6.07. The van der Waals surface area contributed by atoms with Crippen molar-refractivity contribution in [3.63, 3.8) is 0 Å². The number of hydrogen-bond donors (Lipinski definition) is 0. The highest BCUT2D eigenvalue weighted by Gasteiger charge is 2.16. The van der Waals surface area contributed by atoms with Gasteiger partial charge < -0.3 is 0 Å². The zero-order valence-corrected chi connectivity index (χ0v) is 14.0. The average Bonchev–Trinajstić information content (AvgIpc) is 2.61. The summed E-state index contributed by atoms with van der Waals surface area (Å²) in [5.74, 6) is 0. The first-order chi connectivity index (χ1) is 11.6. The minimum atomic E-state index is -0.307. The molecule has 0 saturated heterocycles. The van der Waals surface area contributed by atoms with E-state index in [1.54, 1.807) is 6.92 Å². The van der Waals surface area contributed by atoms with E-state index in [-0.39, 0.29) is 11.1 Å². The molecule has 3 rings (SSSR count). The highest BCUT2D eigenvalue weighted by Crippen LogP contribution is 2.22. The van der Waals surface area contributed by atoms with Crippen molar-refractivity contribution in [3.8, 4) is 6.07 Å². The van der Waals surface area contributed by atoms with Crippen molar-refractivity contribution in [2.45, 2.75) is 26.9 Å². The maximum atomic E-state index is 12.4. The molecule has 0 amide bonds. The van der Waals surface area contributed by atoms with Crippen LogP contribution in [0.4, 0.5) is 0 Å². The topological polar surface area (TPSA) is 61.9 Å². The van der Waals surface area contributed by atoms with Crippen LogP contribution >= 0.6 is 0 Å². The minimum absolute atomic E-state index is 0.194. The van der Waals surface area contributed by atoms with Gasteiger partial charge in [0.25, 0.3) is 5.56 Å². The first-order valence-electron chi connectivity index (χ1n) is 8.05. The van der Waals surface area contributed by atoms with Gasteiger partial charge in [0.05, 0.1) is 12.4 Å². The summed E-state index contributed by atoms with van der Waals surface area (Å²) in [6.45, 7) is 5.64. The van der Waals surface area contributed by atoms with E-state index < -0.39 is 0 Å². The second-order valence-corrected chi connectivity index (χ2v) is 6.07. The molecule has 0 aliphatic carbocycles. The molecule has 2 aromatic rings. The van der Waals surface area contributed by atoms with Gasteiger partial charge in [-0.15, -0.1) is 0 Å². The molecule has 24 heavy (non-hydrogen) atoms. The third-order valence-corrected chi connectivity index (χ3v) is 4.52. The van der Waals surface area contributed by atoms with Gasteiger partial charge in [-0.1, -0.05) is 36.4 Å². The van der Waals surface area contributed by atoms with Gasteiger partial charge in [-0.2, -0.15) is 10.4 Å². The molecule has 1 aliphatic heterocycles. The lowest BCUT2D eigenvalue weighted by molar-refractivity contribution is 0.221. The van der Waals surface area contributed by atoms with Gasteiger partial charge in [0.1, 0.15) is 11.6 Å². The van der Waals surface area contributed by atoms with Gasteiger partial charge in [0.2, 0.25) is 0 Å². The average molecular weight is 320 g/mol. The summed E-state index contributed by atoms with van der Waals surface area (Å²) in [5, 5.41) is 13.5. The molecule has 5 nitrogen and oxygen atoms in total. The zero-order chi connectivity index (χ0) is 17.1. The maximum absolute atomic E-state index is 12.4. The summed E-state index contributed by atoms with van der Waals surface area (Å²) in [4.78, 5) is 14.5. The second kappa shape index (κ2) is 6.81. The molecule has 0 N–H and O–H groups in total. The van der Waals surface area contributed by atoms with Crippen LogP contribution in [0.5, 0.6) is 0 Å². The van der Waals surface area contributed by atoms with Gasteiger partial charge in [0, 0.05) is 13.1 Å². The molecule has 0 spiro atoms. The highest BCUT2D eigenvalue weighted by molar-refractivity contribution is 5.66. The third-order valence-electron chi connectivity index (χ3n) is 4.52. The Morgan fingerprint density at radius 3 is 2.62 bits per heavy atom. The predicted octanol–water partition coefficient (Wildman–Crippen LogP) is 2.48. The van der Waals surface area contributed by atoms with E-state index in [1.165, 1.54) is 15.8 Å². The number of nitriles is 1. The molecule has 0 fully saturated rings. The Labute approximate surface area is 141 Å². The molecule has 0 bridgehead atoms. The predicted molar refractivity (Wildman–Crippen MR) is 93.3 cm³/mol. The monoisotopic (exact) mass is 320 g/mol. The SMILES string of the molecule is Cc1nn(CN2CC=C(c3ccccc3)CC2)c(=O)c(C#N)c1C. The molecule has 5 heteroatoms. The first-order valence-corrected chi connectivity index (χ1v) is 8.05. The van der Waals surface area contributed by atoms with E-state index in [4.69, 9.17) is 0 Å². The van der Waals surface area contributed by atoms with Crippen LogP contribution < -0.4 is 5.56 Å². The number of rotatable bonds is 3. The van der Waals surface area contributed by atoms with E-state index in [0.717, 1.165) is 25.2 Å². The largest absolute Gasteiger partial charge is 0.286 e. The van der Waals surface area contributed by atoms with Gasteiger partial charge in [-0.3, -0.25) is 9.69 Å². The Morgan fingerprint density at radius 2 is 2.00 bits per heavy atom. The molecule has 0 saturated carbocycles. The Morgan fingerprint density at radius 1 is 1.25 bits per heavy atom. The molecule has 1 aromatic carbocycles. The van der Waals surface area contributed by atoms with Crippen molar-refractivity contribution < 1.29 is 0 Å². The van der Waals surface area contributed by atoms with E-state index in [2.05, 4.69) is 28.2 Å². The Bertz CT molecular complexity index is 875. The minimum Gasteiger partial charge on any atom is -0.280 e. The lowest BCUT2D eigenvalue weighted by Gasteiger charge is -2.26. The van der Waals surface area contributed by atoms with Crippen molar-refractivity contribution in [2.24, 2.45) is 0 Å². The highest BCUT2D eigenvalue weighted by atomic mass is 16.1. The molecule has 1 aliphatic rings. The Hall–Kier alpha value is -2.71. The number of benzene rings is 1. The molecule has 1 aromatic heterocycles. The van der Waals surface area contributed by atoms with Crippen molar-refractivity contribution in [1.29, 1.82) is 5.26 Å². The van der Waals surface area contributed by atoms with E-state index in [0.29, 0.717) is 12.2 Å². The number of aromatic nitrogens is 2. The van der Waals surface area contributed by atoms with E-state index in [1.807, 2.05) is 31.2 Å². The molecule has 2 heterocycles. The van der Waals surface area contributed by atoms with E-state index >= 15 is 0 Å². The van der Waals surface area contributed by atoms with Gasteiger partial charge >= 0.3 is 0 Å². The van der Waals surface area contributed by atoms with Crippen molar-refractivity contribution in [1.82, 2.24) is 14.7 Å². The van der Waals surface area contributed by atoms with Crippen molar-refractivity contribution in [2.75, 3.05) is 13.1 Å². The summed E-state index contributed by atoms with van der Waals surface area (Å²) in [5.41, 5.74) is 3.88. The van der Waals surface area contributed by atoms with Crippen LogP contribution in [0.3, 0.4) is 0 Å². The third kappa shape index (κ3) is 3.15. The number of aryl methyl sites for hydroxylation is 1. The smallest absolute Gasteiger partial charge is 0.280 e. The summed E-state index contributed by atoms with van der Waals surface area (Å²) < 4.78 is 1.40. The first kappa shape index (κ1) is 16.2. The van der Waals surface area contributed by atoms with Crippen LogP contribution in [-0.2, 0) is 6.67 Å². The summed E-state index contributed by atoms with van der Waals surface area (Å²) >= 11 is 0. The van der Waals surface area contributed by atoms with E-state index in [9.17, 15) is 10.1 Å². The lowest BCUT2D eigenvalue weighted by atomic mass is 10.00. The lowest BCUT2D eigenvalue weighted by Crippen LogP contribution is -2.37. The van der Waals surface area contributed by atoms with Crippen LogP contribution in [0.1, 0.15) is 28.8 Å². The standard InChI is InChI=1S/C19H20N4O/c1-14-15(2)21-23(19(24)18(14)12-20)13-22-10-8-17(9-11-22)16-6-4-3-5-7-16/h3-8H,9-11,13H2,1-2H3. The Balaban J connectivity index is 1.78. The summed E-state index contributed by atoms with van der Waals surface area (Å²) in [6.07, 6.45) is 3.14. The fourth-order valence-electron chi connectivity index (χ4n) is 2.94. The molecular weight excluding hydrogens is 300 g/mol. The van der Waals surface area contributed by atoms with Crippen molar-refractivity contribution in [3.05, 3.63) is 69.1 Å². The van der Waals surface area contributed by atoms with Crippen LogP contribution in [0.15, 0.2) is 41.2 Å². The van der Waals surface area contributed by atoms with Gasteiger partial charge in [-0.25, -0.2) is 4.68 Å². The molecule has 0 unspecified atom stereocenters. The zero-order valence-electron chi connectivity index (χ0n) is 14.0. The summed E-state index contributed by atoms with van der Waals surface area (Å²) in [6, 6.07) is 12.4. The van der Waals surface area contributed by atoms with Gasteiger partial charge in [-0.05, 0) is 37.0 Å². The van der Waals surface area contributed by atoms with Crippen LogP contribution in [0.25, 0.3) is 5.57 Å². The van der Waals surface area contributed by atoms with Crippen molar-refractivity contribution >= 4 is 5.57 Å². The fraction of sp³-hybridized carbons (Fsp3) is 0.316. The Kier molecular flexibility index (Phi) is 4.59. The maximum Gasteiger partial charge on any atom is 0.286 e. The molecule has 0 atom stereocenters. The molecule has 0 radical (unpaired) electrons. The van der Waals surface area contributed by atoms with Crippen LogP contribution in [-0.4, -0.2) is 27.8 Å². The summed E-state index contributed by atoms with van der Waals surface area (Å²) in [7, 11) is 0. The number of nitrogens with zero attached hydrogens (tertiary/aromatic N) is 4. The van der Waals surface area contributed by atoms with Crippen LogP contribution in [0, 0.1) is 25.2 Å². The molecular formula is C19H20N4O. The fourth-order valence-corrected chi connectivity index (χ4v) is 2.94. The molecule has 122 valence electrons. The quantitative estimate of drug-likeness (QED) is 0.871.